The average molecular weight is 390 g/mol. The second-order valence-electron chi connectivity index (χ2n) is 7.82. The van der Waals surface area contributed by atoms with Crippen LogP contribution in [-0.2, 0) is 0 Å². The molecule has 0 amide bonds. The van der Waals surface area contributed by atoms with Crippen molar-refractivity contribution in [2.45, 2.75) is 44.6 Å². The molecular formula is C22H39N5O. The Bertz CT molecular complexity index is 590. The molecule has 158 valence electrons. The van der Waals surface area contributed by atoms with Crippen LogP contribution < -0.4 is 20.3 Å². The summed E-state index contributed by atoms with van der Waals surface area (Å²) in [7, 11) is 7.87. The molecule has 1 unspecified atom stereocenters. The number of methoxy groups -OCH3 is 1. The fraction of sp³-hybridized carbons (Fsp3) is 0.682. The number of anilines is 1. The van der Waals surface area contributed by atoms with Crippen molar-refractivity contribution < 1.29 is 4.74 Å². The predicted octanol–water partition coefficient (Wildman–Crippen LogP) is 2.95. The van der Waals surface area contributed by atoms with Crippen molar-refractivity contribution in [3.8, 4) is 5.75 Å². The summed E-state index contributed by atoms with van der Waals surface area (Å²) in [5.74, 6) is 1.86. The third kappa shape index (κ3) is 7.58. The normalized spacial score (nSPS) is 17.2. The van der Waals surface area contributed by atoms with Gasteiger partial charge in [0.25, 0.3) is 0 Å². The van der Waals surface area contributed by atoms with Crippen LogP contribution in [0.25, 0.3) is 0 Å². The van der Waals surface area contributed by atoms with Gasteiger partial charge < -0.3 is 25.2 Å². The topological polar surface area (TPSA) is 52.1 Å². The van der Waals surface area contributed by atoms with Gasteiger partial charge in [-0.2, -0.15) is 0 Å². The van der Waals surface area contributed by atoms with Crippen molar-refractivity contribution >= 4 is 11.6 Å². The van der Waals surface area contributed by atoms with E-state index < -0.39 is 0 Å². The number of nitrogens with zero attached hydrogens (tertiary/aromatic N) is 3. The molecule has 1 heterocycles. The first kappa shape index (κ1) is 22.3. The number of rotatable bonds is 11. The number of hydrogen-bond donors (Lipinski definition) is 2. The van der Waals surface area contributed by atoms with E-state index in [1.807, 2.05) is 19.2 Å². The molecule has 6 nitrogen and oxygen atoms in total. The minimum absolute atomic E-state index is 0.405. The van der Waals surface area contributed by atoms with Crippen molar-refractivity contribution in [1.82, 2.24) is 15.5 Å². The van der Waals surface area contributed by atoms with Gasteiger partial charge in [0, 0.05) is 32.7 Å². The number of hydrogen-bond acceptors (Lipinski definition) is 4. The van der Waals surface area contributed by atoms with Crippen LogP contribution in [0.4, 0.5) is 5.69 Å². The van der Waals surface area contributed by atoms with Crippen molar-refractivity contribution in [3.63, 3.8) is 0 Å². The van der Waals surface area contributed by atoms with Gasteiger partial charge in [-0.05, 0) is 52.0 Å². The second-order valence-corrected chi connectivity index (χ2v) is 7.82. The molecule has 28 heavy (non-hydrogen) atoms. The molecule has 0 spiro atoms. The van der Waals surface area contributed by atoms with Gasteiger partial charge in [0.15, 0.2) is 5.96 Å². The minimum atomic E-state index is 0.405. The molecule has 0 bridgehead atoms. The largest absolute Gasteiger partial charge is 0.495 e. The van der Waals surface area contributed by atoms with Crippen LogP contribution >= 0.6 is 0 Å². The molecule has 6 heteroatoms. The van der Waals surface area contributed by atoms with Gasteiger partial charge in [-0.3, -0.25) is 4.99 Å². The fourth-order valence-electron chi connectivity index (χ4n) is 3.67. The van der Waals surface area contributed by atoms with Gasteiger partial charge in [-0.15, -0.1) is 0 Å². The molecule has 0 aromatic heterocycles. The highest BCUT2D eigenvalue weighted by Gasteiger charge is 2.25. The lowest BCUT2D eigenvalue weighted by Gasteiger charge is -2.22. The third-order valence-electron chi connectivity index (χ3n) is 5.25. The number of guanidine groups is 1. The molecule has 2 N–H and O–H groups in total. The summed E-state index contributed by atoms with van der Waals surface area (Å²) >= 11 is 0. The SMILES string of the molecule is CN=C(NCCCCCCCN(C)C)NC1CCN(c2ccccc2OC)C1. The van der Waals surface area contributed by atoms with E-state index in [9.17, 15) is 0 Å². The van der Waals surface area contributed by atoms with Gasteiger partial charge in [0.1, 0.15) is 5.75 Å². The molecule has 1 aromatic carbocycles. The van der Waals surface area contributed by atoms with E-state index in [4.69, 9.17) is 4.74 Å². The van der Waals surface area contributed by atoms with Crippen molar-refractivity contribution in [3.05, 3.63) is 24.3 Å². The fourth-order valence-corrected chi connectivity index (χ4v) is 3.67. The first-order valence-electron chi connectivity index (χ1n) is 10.6. The first-order chi connectivity index (χ1) is 13.6. The van der Waals surface area contributed by atoms with Gasteiger partial charge in [0.05, 0.1) is 12.8 Å². The number of ether oxygens (including phenoxy) is 1. The highest BCUT2D eigenvalue weighted by atomic mass is 16.5. The zero-order valence-electron chi connectivity index (χ0n) is 18.2. The monoisotopic (exact) mass is 389 g/mol. The second kappa shape index (κ2) is 12.5. The summed E-state index contributed by atoms with van der Waals surface area (Å²) in [5, 5.41) is 7.05. The average Bonchev–Trinajstić information content (AvgIpc) is 3.17. The number of para-hydroxylation sites is 2. The Hall–Kier alpha value is -1.95. The van der Waals surface area contributed by atoms with E-state index in [2.05, 4.69) is 51.7 Å². The smallest absolute Gasteiger partial charge is 0.191 e. The lowest BCUT2D eigenvalue weighted by Crippen LogP contribution is -2.44. The van der Waals surface area contributed by atoms with Crippen molar-refractivity contribution in [2.75, 3.05) is 59.3 Å². The van der Waals surface area contributed by atoms with Gasteiger partial charge >= 0.3 is 0 Å². The van der Waals surface area contributed by atoms with Crippen LogP contribution in [0.1, 0.15) is 38.5 Å². The summed E-state index contributed by atoms with van der Waals surface area (Å²) < 4.78 is 5.51. The number of benzene rings is 1. The van der Waals surface area contributed by atoms with Crippen LogP contribution in [0.2, 0.25) is 0 Å². The molecule has 1 aliphatic heterocycles. The van der Waals surface area contributed by atoms with Crippen LogP contribution in [-0.4, -0.2) is 71.3 Å². The lowest BCUT2D eigenvalue weighted by molar-refractivity contribution is 0.389. The van der Waals surface area contributed by atoms with Crippen LogP contribution in [0.3, 0.4) is 0 Å². The molecule has 1 aliphatic rings. The van der Waals surface area contributed by atoms with E-state index in [0.29, 0.717) is 6.04 Å². The molecule has 0 aliphatic carbocycles. The molecule has 1 atom stereocenters. The summed E-state index contributed by atoms with van der Waals surface area (Å²) in [6.07, 6.45) is 7.52. The summed E-state index contributed by atoms with van der Waals surface area (Å²) in [6, 6.07) is 8.65. The van der Waals surface area contributed by atoms with Gasteiger partial charge in [-0.1, -0.05) is 31.4 Å². The Kier molecular flexibility index (Phi) is 9.97. The summed E-state index contributed by atoms with van der Waals surface area (Å²) in [5.41, 5.74) is 1.17. The Morgan fingerprint density at radius 2 is 1.93 bits per heavy atom. The highest BCUT2D eigenvalue weighted by molar-refractivity contribution is 5.80. The number of unbranched alkanes of at least 4 members (excludes halogenated alkanes) is 4. The van der Waals surface area contributed by atoms with E-state index >= 15 is 0 Å². The Morgan fingerprint density at radius 1 is 1.18 bits per heavy atom. The third-order valence-corrected chi connectivity index (χ3v) is 5.25. The van der Waals surface area contributed by atoms with E-state index in [1.165, 1.54) is 44.3 Å². The Labute approximate surface area is 171 Å². The predicted molar refractivity (Wildman–Crippen MR) is 120 cm³/mol. The standard InChI is InChI=1S/C22H39N5O/c1-23-22(24-15-10-6-5-7-11-16-26(2)3)25-19-14-17-27(18-19)20-12-8-9-13-21(20)28-4/h8-9,12-13,19H,5-7,10-11,14-18H2,1-4H3,(H2,23,24,25). The van der Waals surface area contributed by atoms with Crippen molar-refractivity contribution in [2.24, 2.45) is 4.99 Å². The first-order valence-corrected chi connectivity index (χ1v) is 10.6. The molecule has 1 saturated heterocycles. The molecular weight excluding hydrogens is 350 g/mol. The Balaban J connectivity index is 1.64. The zero-order valence-corrected chi connectivity index (χ0v) is 18.2. The molecule has 0 radical (unpaired) electrons. The van der Waals surface area contributed by atoms with Gasteiger partial charge in [0.2, 0.25) is 0 Å². The summed E-state index contributed by atoms with van der Waals surface area (Å²) in [4.78, 5) is 9.04. The molecule has 0 saturated carbocycles. The van der Waals surface area contributed by atoms with E-state index in [-0.39, 0.29) is 0 Å². The molecule has 1 aromatic rings. The quantitative estimate of drug-likeness (QED) is 0.346. The van der Waals surface area contributed by atoms with E-state index in [0.717, 1.165) is 37.8 Å². The van der Waals surface area contributed by atoms with Crippen LogP contribution in [0.5, 0.6) is 5.75 Å². The summed E-state index contributed by atoms with van der Waals surface area (Å²) in [6.45, 7) is 4.17. The van der Waals surface area contributed by atoms with Crippen LogP contribution in [0, 0.1) is 0 Å². The van der Waals surface area contributed by atoms with E-state index in [1.54, 1.807) is 7.11 Å². The highest BCUT2D eigenvalue weighted by Crippen LogP contribution is 2.30. The zero-order chi connectivity index (χ0) is 20.2. The molecule has 1 fully saturated rings. The maximum atomic E-state index is 5.51. The Morgan fingerprint density at radius 3 is 2.68 bits per heavy atom. The molecule has 2 rings (SSSR count). The van der Waals surface area contributed by atoms with Crippen molar-refractivity contribution in [1.29, 1.82) is 0 Å². The van der Waals surface area contributed by atoms with Crippen LogP contribution in [0.15, 0.2) is 29.3 Å². The number of nitrogens with one attached hydrogen (secondary N) is 2. The lowest BCUT2D eigenvalue weighted by atomic mass is 10.1. The number of aliphatic imine (C=N–C) groups is 1. The maximum Gasteiger partial charge on any atom is 0.191 e. The maximum absolute atomic E-state index is 5.51. The minimum Gasteiger partial charge on any atom is -0.495 e. The van der Waals surface area contributed by atoms with Gasteiger partial charge in [-0.25, -0.2) is 0 Å².